The lowest BCUT2D eigenvalue weighted by molar-refractivity contribution is -0.131. The van der Waals surface area contributed by atoms with Gasteiger partial charge in [-0.25, -0.2) is 0 Å². The molecule has 0 saturated carbocycles. The fraction of sp³-hybridized carbons (Fsp3) is 0.882. The van der Waals surface area contributed by atoms with E-state index in [1.807, 2.05) is 0 Å². The molecule has 0 amide bonds. The SMILES string of the molecule is CCC[CH]C(=O)O[Si](CCCC)(CCCC)CCCC. The molecule has 1 radical (unpaired) electrons. The molecule has 0 heterocycles. The fourth-order valence-electron chi connectivity index (χ4n) is 2.54. The fourth-order valence-corrected chi connectivity index (χ4v) is 7.10. The van der Waals surface area contributed by atoms with Crippen LogP contribution >= 0.6 is 0 Å². The molecule has 0 saturated heterocycles. The largest absolute Gasteiger partial charge is 0.519 e. The highest BCUT2D eigenvalue weighted by molar-refractivity contribution is 6.75. The third-order valence-electron chi connectivity index (χ3n) is 3.87. The lowest BCUT2D eigenvalue weighted by Gasteiger charge is -2.31. The van der Waals surface area contributed by atoms with Crippen molar-refractivity contribution in [2.24, 2.45) is 0 Å². The Morgan fingerprint density at radius 1 is 0.850 bits per heavy atom. The third-order valence-corrected chi connectivity index (χ3v) is 8.30. The van der Waals surface area contributed by atoms with Crippen molar-refractivity contribution in [3.05, 3.63) is 6.42 Å². The predicted octanol–water partition coefficient (Wildman–Crippen LogP) is 5.88. The van der Waals surface area contributed by atoms with Crippen LogP contribution in [0.25, 0.3) is 0 Å². The van der Waals surface area contributed by atoms with Crippen LogP contribution in [0, 0.1) is 6.42 Å². The highest BCUT2D eigenvalue weighted by atomic mass is 28.4. The smallest absolute Gasteiger partial charge is 0.296 e. The van der Waals surface area contributed by atoms with Crippen molar-refractivity contribution in [3.8, 4) is 0 Å². The summed E-state index contributed by atoms with van der Waals surface area (Å²) in [6, 6.07) is 3.49. The minimum absolute atomic E-state index is 0.0400. The Hall–Kier alpha value is -0.313. The number of rotatable bonds is 13. The Morgan fingerprint density at radius 2 is 1.30 bits per heavy atom. The molecule has 3 heteroatoms. The van der Waals surface area contributed by atoms with Crippen LogP contribution in [0.2, 0.25) is 18.1 Å². The Morgan fingerprint density at radius 3 is 1.65 bits per heavy atom. The van der Waals surface area contributed by atoms with Gasteiger partial charge in [0.15, 0.2) is 0 Å². The molecule has 0 bridgehead atoms. The first-order chi connectivity index (χ1) is 9.64. The van der Waals surface area contributed by atoms with Crippen LogP contribution in [0.4, 0.5) is 0 Å². The van der Waals surface area contributed by atoms with Gasteiger partial charge in [-0.2, -0.15) is 0 Å². The average Bonchev–Trinajstić information content (AvgIpc) is 2.46. The van der Waals surface area contributed by atoms with Gasteiger partial charge in [0.05, 0.1) is 6.42 Å². The lowest BCUT2D eigenvalue weighted by Crippen LogP contribution is -2.40. The molecule has 0 spiro atoms. The van der Waals surface area contributed by atoms with Crippen LogP contribution < -0.4 is 0 Å². The number of hydrogen-bond donors (Lipinski definition) is 0. The molecule has 20 heavy (non-hydrogen) atoms. The van der Waals surface area contributed by atoms with Crippen molar-refractivity contribution in [1.29, 1.82) is 0 Å². The molecule has 0 aromatic rings. The maximum Gasteiger partial charge on any atom is 0.296 e. The zero-order valence-corrected chi connectivity index (χ0v) is 15.2. The predicted molar refractivity (Wildman–Crippen MR) is 90.2 cm³/mol. The van der Waals surface area contributed by atoms with E-state index in [2.05, 4.69) is 27.7 Å². The minimum Gasteiger partial charge on any atom is -0.519 e. The summed E-state index contributed by atoms with van der Waals surface area (Å²) in [4.78, 5) is 12.1. The van der Waals surface area contributed by atoms with Crippen LogP contribution in [0.5, 0.6) is 0 Å². The van der Waals surface area contributed by atoms with Crippen LogP contribution in [-0.4, -0.2) is 14.3 Å². The maximum absolute atomic E-state index is 12.1. The molecule has 0 aliphatic heterocycles. The van der Waals surface area contributed by atoms with Crippen LogP contribution in [0.1, 0.15) is 79.1 Å². The Bertz CT molecular complexity index is 219. The quantitative estimate of drug-likeness (QED) is 0.397. The normalized spacial score (nSPS) is 11.6. The van der Waals surface area contributed by atoms with Gasteiger partial charge in [-0.1, -0.05) is 72.6 Å². The molecule has 119 valence electrons. The van der Waals surface area contributed by atoms with E-state index < -0.39 is 8.32 Å². The molecule has 0 fully saturated rings. The molecular weight excluding hydrogens is 264 g/mol. The Labute approximate surface area is 127 Å². The second kappa shape index (κ2) is 12.4. The average molecular weight is 300 g/mol. The van der Waals surface area contributed by atoms with Crippen molar-refractivity contribution < 1.29 is 9.22 Å². The zero-order chi connectivity index (χ0) is 15.3. The van der Waals surface area contributed by atoms with Crippen LogP contribution in [0.3, 0.4) is 0 Å². The standard InChI is InChI=1S/C17H35O2Si/c1-5-9-13-17(18)19-20(14-10-6-2,15-11-7-3)16-12-8-4/h13H,5-12,14-16H2,1-4H3. The van der Waals surface area contributed by atoms with E-state index in [0.717, 1.165) is 31.0 Å². The van der Waals surface area contributed by atoms with E-state index in [-0.39, 0.29) is 5.97 Å². The van der Waals surface area contributed by atoms with Gasteiger partial charge < -0.3 is 4.43 Å². The number of carbonyl (C=O) groups is 1. The Balaban J connectivity index is 4.68. The summed E-state index contributed by atoms with van der Waals surface area (Å²) in [5.74, 6) is -0.0400. The molecule has 0 N–H and O–H groups in total. The van der Waals surface area contributed by atoms with Crippen molar-refractivity contribution in [1.82, 2.24) is 0 Å². The summed E-state index contributed by atoms with van der Waals surface area (Å²) in [6.07, 6.45) is 10.8. The first kappa shape index (κ1) is 19.7. The second-order valence-corrected chi connectivity index (χ2v) is 9.98. The van der Waals surface area contributed by atoms with E-state index >= 15 is 0 Å². The molecule has 0 aliphatic carbocycles. The first-order valence-electron chi connectivity index (χ1n) is 8.70. The van der Waals surface area contributed by atoms with Crippen molar-refractivity contribution in [2.75, 3.05) is 0 Å². The molecule has 0 unspecified atom stereocenters. The Kier molecular flexibility index (Phi) is 12.2. The lowest BCUT2D eigenvalue weighted by atomic mass is 10.3. The summed E-state index contributed by atoms with van der Waals surface area (Å²) >= 11 is 0. The first-order valence-corrected chi connectivity index (χ1v) is 11.2. The van der Waals surface area contributed by atoms with Gasteiger partial charge in [0, 0.05) is 0 Å². The maximum atomic E-state index is 12.1. The van der Waals surface area contributed by atoms with Gasteiger partial charge in [0.2, 0.25) is 0 Å². The molecule has 0 atom stereocenters. The van der Waals surface area contributed by atoms with Gasteiger partial charge in [0.1, 0.15) is 0 Å². The second-order valence-electron chi connectivity index (χ2n) is 5.91. The summed E-state index contributed by atoms with van der Waals surface area (Å²) in [5, 5.41) is 0. The van der Waals surface area contributed by atoms with E-state index in [0.29, 0.717) is 0 Å². The van der Waals surface area contributed by atoms with E-state index in [4.69, 9.17) is 4.43 Å². The highest BCUT2D eigenvalue weighted by Gasteiger charge is 2.36. The molecule has 2 nitrogen and oxygen atoms in total. The van der Waals surface area contributed by atoms with Crippen molar-refractivity contribution in [2.45, 2.75) is 97.2 Å². The molecule has 0 rings (SSSR count). The number of unbranched alkanes of at least 4 members (excludes halogenated alkanes) is 4. The zero-order valence-electron chi connectivity index (χ0n) is 14.2. The van der Waals surface area contributed by atoms with Gasteiger partial charge in [-0.05, 0) is 24.6 Å². The van der Waals surface area contributed by atoms with E-state index in [1.165, 1.54) is 38.5 Å². The van der Waals surface area contributed by atoms with Gasteiger partial charge in [-0.3, -0.25) is 4.79 Å². The van der Waals surface area contributed by atoms with Crippen LogP contribution in [-0.2, 0) is 9.22 Å². The molecule has 0 aromatic carbocycles. The highest BCUT2D eigenvalue weighted by Crippen LogP contribution is 2.30. The van der Waals surface area contributed by atoms with Gasteiger partial charge in [-0.15, -0.1) is 0 Å². The van der Waals surface area contributed by atoms with Gasteiger partial charge >= 0.3 is 0 Å². The molecule has 0 aromatic heterocycles. The molecule has 0 aliphatic rings. The summed E-state index contributed by atoms with van der Waals surface area (Å²) in [6.45, 7) is 8.78. The minimum atomic E-state index is -1.85. The number of carbonyl (C=O) groups excluding carboxylic acids is 1. The van der Waals surface area contributed by atoms with Crippen molar-refractivity contribution in [3.63, 3.8) is 0 Å². The number of hydrogen-bond acceptors (Lipinski definition) is 2. The topological polar surface area (TPSA) is 26.3 Å². The van der Waals surface area contributed by atoms with Crippen LogP contribution in [0.15, 0.2) is 0 Å². The monoisotopic (exact) mass is 299 g/mol. The van der Waals surface area contributed by atoms with E-state index in [9.17, 15) is 4.79 Å². The summed E-state index contributed by atoms with van der Waals surface area (Å²) in [5.41, 5.74) is 0. The summed E-state index contributed by atoms with van der Waals surface area (Å²) < 4.78 is 6.09. The van der Waals surface area contributed by atoms with E-state index in [1.54, 1.807) is 6.42 Å². The van der Waals surface area contributed by atoms with Crippen molar-refractivity contribution >= 4 is 14.3 Å². The van der Waals surface area contributed by atoms with Gasteiger partial charge in [0.25, 0.3) is 14.3 Å². The third kappa shape index (κ3) is 8.78. The summed E-state index contributed by atoms with van der Waals surface area (Å²) in [7, 11) is -1.85. The molecular formula is C17H35O2Si.